The average Bonchev–Trinajstić information content (AvgIpc) is 2.71. The first-order chi connectivity index (χ1) is 7.12. The molecule has 2 N–H and O–H groups in total. The van der Waals surface area contributed by atoms with E-state index in [2.05, 4.69) is 0 Å². The third-order valence-corrected chi connectivity index (χ3v) is 3.78. The highest BCUT2D eigenvalue weighted by Crippen LogP contribution is 2.19. The maximum atomic E-state index is 12.0. The zero-order valence-electron chi connectivity index (χ0n) is 7.87. The fraction of sp³-hybridized carbons (Fsp3) is 0. The van der Waals surface area contributed by atoms with Crippen molar-refractivity contribution in [2.45, 2.75) is 4.90 Å². The molecule has 2 aromatic rings. The van der Waals surface area contributed by atoms with Crippen LogP contribution in [-0.2, 0) is 10.0 Å². The van der Waals surface area contributed by atoms with Crippen molar-refractivity contribution < 1.29 is 8.42 Å². The van der Waals surface area contributed by atoms with Gasteiger partial charge in [-0.2, -0.15) is 0 Å². The fourth-order valence-corrected chi connectivity index (χ4v) is 2.61. The van der Waals surface area contributed by atoms with E-state index in [0.717, 1.165) is 3.97 Å². The zero-order valence-corrected chi connectivity index (χ0v) is 8.68. The molecule has 0 amide bonds. The van der Waals surface area contributed by atoms with Crippen molar-refractivity contribution in [3.8, 4) is 0 Å². The van der Waals surface area contributed by atoms with Crippen molar-refractivity contribution in [1.29, 1.82) is 0 Å². The van der Waals surface area contributed by atoms with Gasteiger partial charge >= 0.3 is 0 Å². The van der Waals surface area contributed by atoms with Gasteiger partial charge in [-0.25, -0.2) is 12.4 Å². The minimum Gasteiger partial charge on any atom is -0.398 e. The number of benzene rings is 1. The molecule has 78 valence electrons. The number of hydrogen-bond donors (Lipinski definition) is 1. The van der Waals surface area contributed by atoms with Crippen molar-refractivity contribution in [2.75, 3.05) is 5.73 Å². The number of anilines is 1. The average molecular weight is 222 g/mol. The van der Waals surface area contributed by atoms with Crippen molar-refractivity contribution in [2.24, 2.45) is 0 Å². The molecule has 0 radical (unpaired) electrons. The summed E-state index contributed by atoms with van der Waals surface area (Å²) in [6, 6.07) is 9.70. The van der Waals surface area contributed by atoms with E-state index < -0.39 is 10.0 Å². The first-order valence-corrected chi connectivity index (χ1v) is 5.79. The van der Waals surface area contributed by atoms with Crippen LogP contribution < -0.4 is 5.73 Å². The molecule has 0 unspecified atom stereocenters. The SMILES string of the molecule is Nc1ccccc1S(=O)(=O)n1cccc1. The van der Waals surface area contributed by atoms with Crippen molar-refractivity contribution in [3.63, 3.8) is 0 Å². The topological polar surface area (TPSA) is 65.1 Å². The molecule has 0 aliphatic carbocycles. The Morgan fingerprint density at radius 1 is 1.00 bits per heavy atom. The van der Waals surface area contributed by atoms with Crippen LogP contribution in [0.3, 0.4) is 0 Å². The maximum absolute atomic E-state index is 12.0. The molecule has 0 atom stereocenters. The lowest BCUT2D eigenvalue weighted by molar-refractivity contribution is 0.588. The normalized spacial score (nSPS) is 11.5. The van der Waals surface area contributed by atoms with E-state index in [1.54, 1.807) is 30.3 Å². The van der Waals surface area contributed by atoms with E-state index in [1.807, 2.05) is 0 Å². The lowest BCUT2D eigenvalue weighted by Crippen LogP contribution is -2.12. The number of hydrogen-bond acceptors (Lipinski definition) is 3. The number of aromatic nitrogens is 1. The second-order valence-corrected chi connectivity index (χ2v) is 4.87. The molecule has 0 aliphatic heterocycles. The van der Waals surface area contributed by atoms with Gasteiger partial charge in [0.25, 0.3) is 10.0 Å². The van der Waals surface area contributed by atoms with Crippen LogP contribution in [-0.4, -0.2) is 12.4 Å². The Morgan fingerprint density at radius 3 is 2.20 bits per heavy atom. The van der Waals surface area contributed by atoms with E-state index in [0.29, 0.717) is 0 Å². The maximum Gasteiger partial charge on any atom is 0.269 e. The molecule has 2 rings (SSSR count). The molecule has 5 heteroatoms. The van der Waals surface area contributed by atoms with Gasteiger partial charge in [0.15, 0.2) is 0 Å². The quantitative estimate of drug-likeness (QED) is 0.779. The van der Waals surface area contributed by atoms with Crippen LogP contribution >= 0.6 is 0 Å². The highest BCUT2D eigenvalue weighted by atomic mass is 32.2. The van der Waals surface area contributed by atoms with Crippen LogP contribution in [0.25, 0.3) is 0 Å². The zero-order chi connectivity index (χ0) is 10.9. The number of nitrogens with zero attached hydrogens (tertiary/aromatic N) is 1. The summed E-state index contributed by atoms with van der Waals surface area (Å²) in [6.07, 6.45) is 2.95. The Balaban J connectivity index is 2.62. The van der Waals surface area contributed by atoms with Gasteiger partial charge in [0.2, 0.25) is 0 Å². The van der Waals surface area contributed by atoms with Crippen molar-refractivity contribution >= 4 is 15.7 Å². The first-order valence-electron chi connectivity index (χ1n) is 4.35. The highest BCUT2D eigenvalue weighted by Gasteiger charge is 2.17. The second-order valence-electron chi connectivity index (χ2n) is 3.06. The van der Waals surface area contributed by atoms with E-state index in [9.17, 15) is 8.42 Å². The van der Waals surface area contributed by atoms with E-state index >= 15 is 0 Å². The van der Waals surface area contributed by atoms with E-state index in [-0.39, 0.29) is 10.6 Å². The summed E-state index contributed by atoms with van der Waals surface area (Å²) in [6.45, 7) is 0. The molecule has 0 aliphatic rings. The van der Waals surface area contributed by atoms with Gasteiger partial charge in [-0.3, -0.25) is 0 Å². The second kappa shape index (κ2) is 3.43. The number of rotatable bonds is 2. The standard InChI is InChI=1S/C10H10N2O2S/c11-9-5-1-2-6-10(9)15(13,14)12-7-3-4-8-12/h1-8H,11H2. The summed E-state index contributed by atoms with van der Waals surface area (Å²) in [5.41, 5.74) is 5.88. The summed E-state index contributed by atoms with van der Waals surface area (Å²) in [5.74, 6) is 0. The lowest BCUT2D eigenvalue weighted by atomic mass is 10.3. The Bertz CT molecular complexity index is 559. The van der Waals surface area contributed by atoms with Gasteiger partial charge in [-0.1, -0.05) is 12.1 Å². The van der Waals surface area contributed by atoms with Gasteiger partial charge in [-0.05, 0) is 24.3 Å². The third kappa shape index (κ3) is 1.61. The van der Waals surface area contributed by atoms with Gasteiger partial charge in [0, 0.05) is 12.4 Å². The molecule has 15 heavy (non-hydrogen) atoms. The molecule has 1 heterocycles. The lowest BCUT2D eigenvalue weighted by Gasteiger charge is -2.07. The van der Waals surface area contributed by atoms with Crippen molar-refractivity contribution in [3.05, 3.63) is 48.8 Å². The van der Waals surface area contributed by atoms with Gasteiger partial charge in [0.1, 0.15) is 4.90 Å². The van der Waals surface area contributed by atoms with Crippen LogP contribution in [0.5, 0.6) is 0 Å². The van der Waals surface area contributed by atoms with E-state index in [1.165, 1.54) is 18.5 Å². The van der Waals surface area contributed by atoms with Crippen LogP contribution in [0.15, 0.2) is 53.7 Å². The highest BCUT2D eigenvalue weighted by molar-refractivity contribution is 7.90. The van der Waals surface area contributed by atoms with Crippen LogP contribution in [0, 0.1) is 0 Å². The van der Waals surface area contributed by atoms with Crippen LogP contribution in [0.1, 0.15) is 0 Å². The molecule has 0 saturated heterocycles. The third-order valence-electron chi connectivity index (χ3n) is 2.05. The molecule has 1 aromatic heterocycles. The Hall–Kier alpha value is -1.75. The molecular weight excluding hydrogens is 212 g/mol. The summed E-state index contributed by atoms with van der Waals surface area (Å²) in [4.78, 5) is 0.126. The van der Waals surface area contributed by atoms with Gasteiger partial charge < -0.3 is 5.73 Å². The number of nitrogens with two attached hydrogens (primary N) is 1. The molecule has 4 nitrogen and oxygen atoms in total. The summed E-state index contributed by atoms with van der Waals surface area (Å²) >= 11 is 0. The smallest absolute Gasteiger partial charge is 0.269 e. The van der Waals surface area contributed by atoms with Gasteiger partial charge in [0.05, 0.1) is 5.69 Å². The minimum absolute atomic E-state index is 0.126. The molecule has 1 aromatic carbocycles. The number of para-hydroxylation sites is 1. The minimum atomic E-state index is -3.53. The molecule has 0 bridgehead atoms. The number of nitrogen functional groups attached to an aromatic ring is 1. The monoisotopic (exact) mass is 222 g/mol. The summed E-state index contributed by atoms with van der Waals surface area (Å²) in [5, 5.41) is 0. The fourth-order valence-electron chi connectivity index (χ4n) is 1.31. The first kappa shape index (κ1) is 9.79. The summed E-state index contributed by atoms with van der Waals surface area (Å²) < 4.78 is 25.1. The molecule has 0 spiro atoms. The van der Waals surface area contributed by atoms with Crippen LogP contribution in [0.4, 0.5) is 5.69 Å². The predicted octanol–water partition coefficient (Wildman–Crippen LogP) is 1.31. The van der Waals surface area contributed by atoms with Crippen molar-refractivity contribution in [1.82, 2.24) is 3.97 Å². The largest absolute Gasteiger partial charge is 0.398 e. The molecule has 0 saturated carbocycles. The Morgan fingerprint density at radius 2 is 1.60 bits per heavy atom. The Kier molecular flexibility index (Phi) is 2.24. The predicted molar refractivity (Wildman–Crippen MR) is 57.9 cm³/mol. The van der Waals surface area contributed by atoms with E-state index in [4.69, 9.17) is 5.73 Å². The summed E-state index contributed by atoms with van der Waals surface area (Å²) in [7, 11) is -3.53. The Labute approximate surface area is 88.0 Å². The van der Waals surface area contributed by atoms with Crippen LogP contribution in [0.2, 0.25) is 0 Å². The van der Waals surface area contributed by atoms with Gasteiger partial charge in [-0.15, -0.1) is 0 Å². The molecular formula is C10H10N2O2S. The molecule has 0 fully saturated rings.